The largest absolute Gasteiger partial charge is 0.489 e. The van der Waals surface area contributed by atoms with E-state index in [0.717, 1.165) is 42.7 Å². The lowest BCUT2D eigenvalue weighted by Crippen LogP contribution is -2.74. The lowest BCUT2D eigenvalue weighted by atomic mass is 9.49. The van der Waals surface area contributed by atoms with Crippen LogP contribution in [-0.4, -0.2) is 98.9 Å². The van der Waals surface area contributed by atoms with E-state index in [2.05, 4.69) is 59.8 Å². The Morgan fingerprint density at radius 2 is 1.70 bits per heavy atom. The Morgan fingerprint density at radius 3 is 2.33 bits per heavy atom. The number of carbonyl (C=O) groups is 4. The molecule has 0 radical (unpaired) electrons. The number of Topliss-reactive ketones (excluding diaryl/α,β-unsaturated/α-hetero) is 1. The number of ether oxygens (including phenoxy) is 2. The standard InChI is InChI=1S/C50H63ClN8O7/c1-48(2,3)40(45(64)58-28-37(60)24-42(58)44(63)55-27-32-11-18-36(19-12-32)59-31-53-30-56-59)23-38(61)29-65-22-10-8-9-21-54-35-16-13-33(14-17-35)43(62)57-46-49(4,5)47(50(46,6)7)66-39-20-15-34(26-52)41(51)25-39/h11-20,25,30-31,37,40,42,46-47,54,60H,8-10,21-24,27-29H2,1-7H3,(H,55,63)(H,57,62)/t37-,40-,42+,46?,47?/m1/s1. The molecule has 15 nitrogen and oxygen atoms in total. The first-order chi connectivity index (χ1) is 31.3. The van der Waals surface area contributed by atoms with Crippen molar-refractivity contribution >= 4 is 40.8 Å². The summed E-state index contributed by atoms with van der Waals surface area (Å²) in [7, 11) is 0. The molecule has 4 aromatic rings. The molecule has 0 bridgehead atoms. The molecular weight excluding hydrogens is 860 g/mol. The number of carbonyl (C=O) groups excluding carboxylic acids is 4. The van der Waals surface area contributed by atoms with Crippen molar-refractivity contribution in [2.24, 2.45) is 22.2 Å². The van der Waals surface area contributed by atoms with Gasteiger partial charge in [-0.25, -0.2) is 9.67 Å². The summed E-state index contributed by atoms with van der Waals surface area (Å²) in [5.74, 6) is -1.16. The van der Waals surface area contributed by atoms with Gasteiger partial charge in [0.15, 0.2) is 5.78 Å². The van der Waals surface area contributed by atoms with Gasteiger partial charge in [0, 0.05) is 79.2 Å². The summed E-state index contributed by atoms with van der Waals surface area (Å²) >= 11 is 6.24. The van der Waals surface area contributed by atoms with Crippen LogP contribution in [-0.2, 0) is 25.7 Å². The van der Waals surface area contributed by atoms with Gasteiger partial charge in [-0.2, -0.15) is 10.4 Å². The minimum atomic E-state index is -0.850. The molecule has 2 aliphatic rings. The van der Waals surface area contributed by atoms with E-state index in [-0.39, 0.29) is 79.0 Å². The second-order valence-electron chi connectivity index (χ2n) is 19.7. The van der Waals surface area contributed by atoms with Gasteiger partial charge in [-0.05, 0) is 78.8 Å². The van der Waals surface area contributed by atoms with E-state index in [0.29, 0.717) is 28.5 Å². The van der Waals surface area contributed by atoms with Crippen LogP contribution in [0.25, 0.3) is 5.69 Å². The monoisotopic (exact) mass is 922 g/mol. The van der Waals surface area contributed by atoms with Crippen LogP contribution in [0.2, 0.25) is 5.02 Å². The lowest BCUT2D eigenvalue weighted by Gasteiger charge is -2.63. The number of nitrogens with zero attached hydrogens (tertiary/aromatic N) is 5. The summed E-state index contributed by atoms with van der Waals surface area (Å²) in [5, 5.41) is 33.8. The molecule has 2 heterocycles. The summed E-state index contributed by atoms with van der Waals surface area (Å²) in [6.07, 6.45) is 4.58. The molecule has 3 atom stereocenters. The lowest BCUT2D eigenvalue weighted by molar-refractivity contribution is -0.164. The van der Waals surface area contributed by atoms with Crippen LogP contribution in [0.1, 0.15) is 102 Å². The predicted octanol–water partition coefficient (Wildman–Crippen LogP) is 6.90. The van der Waals surface area contributed by atoms with Gasteiger partial charge < -0.3 is 35.4 Å². The van der Waals surface area contributed by atoms with Crippen LogP contribution in [0.3, 0.4) is 0 Å². The first-order valence-corrected chi connectivity index (χ1v) is 23.0. The van der Waals surface area contributed by atoms with E-state index in [1.807, 2.05) is 57.2 Å². The van der Waals surface area contributed by atoms with E-state index in [1.54, 1.807) is 41.3 Å². The Bertz CT molecular complexity index is 2340. The van der Waals surface area contributed by atoms with Gasteiger partial charge >= 0.3 is 0 Å². The molecule has 2 fully saturated rings. The number of nitriles is 1. The number of benzene rings is 3. The summed E-state index contributed by atoms with van der Waals surface area (Å²) in [6, 6.07) is 21.0. The second kappa shape index (κ2) is 21.2. The van der Waals surface area contributed by atoms with Gasteiger partial charge in [-0.3, -0.25) is 19.2 Å². The number of hydrogen-bond acceptors (Lipinski definition) is 11. The van der Waals surface area contributed by atoms with E-state index in [4.69, 9.17) is 21.1 Å². The number of nitrogens with one attached hydrogen (secondary N) is 3. The molecule has 1 saturated heterocycles. The van der Waals surface area contributed by atoms with Gasteiger partial charge in [0.05, 0.1) is 22.4 Å². The number of ketones is 1. The van der Waals surface area contributed by atoms with Crippen molar-refractivity contribution in [1.82, 2.24) is 30.3 Å². The predicted molar refractivity (Wildman–Crippen MR) is 251 cm³/mol. The highest BCUT2D eigenvalue weighted by Crippen LogP contribution is 2.55. The van der Waals surface area contributed by atoms with Crippen LogP contribution >= 0.6 is 11.6 Å². The number of aliphatic hydroxyl groups is 1. The SMILES string of the molecule is CC1(C)C(NC(=O)c2ccc(NCCCCCOCC(=O)C[C@H](C(=O)N3C[C@H](O)C[C@H]3C(=O)NCc3ccc(-n4cncn4)cc3)C(C)(C)C)cc2)C(C)(C)C1Oc1ccc(C#N)c(Cl)c1. The average Bonchev–Trinajstić information content (AvgIpc) is 3.97. The molecule has 0 spiro atoms. The second-order valence-corrected chi connectivity index (χ2v) is 20.1. The third-order valence-electron chi connectivity index (χ3n) is 12.9. The molecule has 1 aliphatic carbocycles. The summed E-state index contributed by atoms with van der Waals surface area (Å²) in [4.78, 5) is 59.3. The maximum absolute atomic E-state index is 14.0. The van der Waals surface area contributed by atoms with Crippen LogP contribution < -0.4 is 20.7 Å². The average molecular weight is 924 g/mol. The highest BCUT2D eigenvalue weighted by atomic mass is 35.5. The Labute approximate surface area is 392 Å². The van der Waals surface area contributed by atoms with Crippen LogP contribution in [0.5, 0.6) is 5.75 Å². The van der Waals surface area contributed by atoms with E-state index in [9.17, 15) is 29.5 Å². The van der Waals surface area contributed by atoms with Crippen molar-refractivity contribution in [3.63, 3.8) is 0 Å². The molecule has 1 aliphatic heterocycles. The smallest absolute Gasteiger partial charge is 0.251 e. The number of aliphatic hydroxyl groups excluding tert-OH is 1. The highest BCUT2D eigenvalue weighted by Gasteiger charge is 2.64. The van der Waals surface area contributed by atoms with Crippen molar-refractivity contribution in [3.05, 3.63) is 101 Å². The molecule has 3 aromatic carbocycles. The maximum Gasteiger partial charge on any atom is 0.251 e. The van der Waals surface area contributed by atoms with Gasteiger partial charge in [-0.1, -0.05) is 72.2 Å². The quantitative estimate of drug-likeness (QED) is 0.0672. The van der Waals surface area contributed by atoms with Gasteiger partial charge in [0.2, 0.25) is 11.8 Å². The number of halogens is 1. The van der Waals surface area contributed by atoms with Gasteiger partial charge in [0.25, 0.3) is 5.91 Å². The molecule has 4 N–H and O–H groups in total. The molecule has 3 amide bonds. The van der Waals surface area contributed by atoms with Gasteiger partial charge in [0.1, 0.15) is 43.2 Å². The topological polar surface area (TPSA) is 201 Å². The maximum atomic E-state index is 14.0. The summed E-state index contributed by atoms with van der Waals surface area (Å²) in [5.41, 5.74) is 2.20. The van der Waals surface area contributed by atoms with Crippen molar-refractivity contribution in [2.45, 2.75) is 111 Å². The Kier molecular flexibility index (Phi) is 15.9. The molecular formula is C50H63ClN8O7. The minimum absolute atomic E-state index is 0.0219. The number of β-amino-alcohol motifs (C(OH)–C–C–N with tert-alkyl or cyclic N) is 1. The molecule has 352 valence electrons. The van der Waals surface area contributed by atoms with Crippen LogP contribution in [0.4, 0.5) is 5.69 Å². The zero-order valence-electron chi connectivity index (χ0n) is 39.0. The number of aromatic nitrogens is 3. The molecule has 0 unspecified atom stereocenters. The minimum Gasteiger partial charge on any atom is -0.489 e. The highest BCUT2D eigenvalue weighted by molar-refractivity contribution is 6.31. The van der Waals surface area contributed by atoms with E-state index < -0.39 is 23.5 Å². The zero-order valence-corrected chi connectivity index (χ0v) is 39.7. The van der Waals surface area contributed by atoms with Crippen molar-refractivity contribution in [3.8, 4) is 17.5 Å². The van der Waals surface area contributed by atoms with Crippen LogP contribution in [0, 0.1) is 33.5 Å². The molecule has 1 aromatic heterocycles. The van der Waals surface area contributed by atoms with E-state index in [1.165, 1.54) is 11.2 Å². The number of rotatable bonds is 20. The molecule has 6 rings (SSSR count). The number of anilines is 1. The third kappa shape index (κ3) is 11.9. The number of unbranched alkanes of at least 4 members (excludes halogenated alkanes) is 2. The zero-order chi connectivity index (χ0) is 47.8. The fraction of sp³-hybridized carbons (Fsp3) is 0.500. The fourth-order valence-electron chi connectivity index (χ4n) is 9.45. The Morgan fingerprint density at radius 1 is 0.985 bits per heavy atom. The third-order valence-corrected chi connectivity index (χ3v) is 13.2. The van der Waals surface area contributed by atoms with Gasteiger partial charge in [-0.15, -0.1) is 0 Å². The van der Waals surface area contributed by atoms with E-state index >= 15 is 0 Å². The van der Waals surface area contributed by atoms with Crippen molar-refractivity contribution in [2.75, 3.05) is 31.6 Å². The Hall–Kier alpha value is -5.82. The first kappa shape index (κ1) is 49.6. The summed E-state index contributed by atoms with van der Waals surface area (Å²) < 4.78 is 13.7. The molecule has 16 heteroatoms. The Balaban J connectivity index is 0.875. The number of hydrogen-bond donors (Lipinski definition) is 4. The molecule has 1 saturated carbocycles. The molecule has 66 heavy (non-hydrogen) atoms. The van der Waals surface area contributed by atoms with Crippen molar-refractivity contribution in [1.29, 1.82) is 5.26 Å². The first-order valence-electron chi connectivity index (χ1n) is 22.6. The van der Waals surface area contributed by atoms with Crippen molar-refractivity contribution < 1.29 is 33.8 Å². The number of amides is 3. The summed E-state index contributed by atoms with van der Waals surface area (Å²) in [6.45, 7) is 15.2. The fourth-order valence-corrected chi connectivity index (χ4v) is 9.66. The van der Waals surface area contributed by atoms with Crippen LogP contribution in [0.15, 0.2) is 79.4 Å². The number of likely N-dealkylation sites (tertiary alicyclic amines) is 1. The normalized spacial score (nSPS) is 20.1.